The Balaban J connectivity index is 2.71. The molecule has 0 bridgehead atoms. The number of ketones is 1. The van der Waals surface area contributed by atoms with E-state index in [-0.39, 0.29) is 23.8 Å². The third-order valence-corrected chi connectivity index (χ3v) is 2.58. The molecule has 4 nitrogen and oxygen atoms in total. The lowest BCUT2D eigenvalue weighted by atomic mass is 10.1. The Hall–Kier alpha value is -0.900. The molecule has 4 heteroatoms. The van der Waals surface area contributed by atoms with Crippen LogP contribution in [-0.4, -0.2) is 42.3 Å². The Morgan fingerprint density at radius 1 is 1.38 bits per heavy atom. The van der Waals surface area contributed by atoms with Gasteiger partial charge >= 0.3 is 0 Å². The van der Waals surface area contributed by atoms with Gasteiger partial charge in [-0.15, -0.1) is 0 Å². The molecule has 1 N–H and O–H groups in total. The van der Waals surface area contributed by atoms with Crippen LogP contribution in [-0.2, 0) is 9.59 Å². The molecule has 1 saturated heterocycles. The van der Waals surface area contributed by atoms with Crippen molar-refractivity contribution in [3.05, 3.63) is 0 Å². The standard InChI is InChI=1S/C9H16N2O2/c1-6(12)9-4-8(10-3)5-11(9)7(2)13/h8-10H,4-5H2,1-3H3/t8-,9+/m1/s1. The van der Waals surface area contributed by atoms with E-state index in [1.807, 2.05) is 7.05 Å². The van der Waals surface area contributed by atoms with Crippen LogP contribution in [0.3, 0.4) is 0 Å². The maximum absolute atomic E-state index is 11.2. The first-order chi connectivity index (χ1) is 6.06. The Bertz CT molecular complexity index is 206. The second-order valence-electron chi connectivity index (χ2n) is 3.52. The highest BCUT2D eigenvalue weighted by Gasteiger charge is 2.35. The van der Waals surface area contributed by atoms with Crippen LogP contribution < -0.4 is 5.32 Å². The van der Waals surface area contributed by atoms with Crippen molar-refractivity contribution in [2.45, 2.75) is 32.4 Å². The number of likely N-dealkylation sites (N-methyl/N-ethyl adjacent to an activating group) is 1. The van der Waals surface area contributed by atoms with E-state index in [0.29, 0.717) is 6.54 Å². The van der Waals surface area contributed by atoms with Gasteiger partial charge in [0.15, 0.2) is 5.78 Å². The number of rotatable bonds is 2. The molecule has 0 spiro atoms. The highest BCUT2D eigenvalue weighted by Crippen LogP contribution is 2.18. The number of Topliss-reactive ketones (excluding diaryl/α,β-unsaturated/α-hetero) is 1. The summed E-state index contributed by atoms with van der Waals surface area (Å²) < 4.78 is 0. The molecule has 0 saturated carbocycles. The van der Waals surface area contributed by atoms with Crippen molar-refractivity contribution in [3.8, 4) is 0 Å². The van der Waals surface area contributed by atoms with Gasteiger partial charge in [-0.1, -0.05) is 0 Å². The minimum Gasteiger partial charge on any atom is -0.331 e. The van der Waals surface area contributed by atoms with Crippen LogP contribution in [0.2, 0.25) is 0 Å². The fourth-order valence-electron chi connectivity index (χ4n) is 1.78. The van der Waals surface area contributed by atoms with Gasteiger partial charge in [0.2, 0.25) is 5.91 Å². The summed E-state index contributed by atoms with van der Waals surface area (Å²) in [5, 5.41) is 3.09. The number of likely N-dealkylation sites (tertiary alicyclic amines) is 1. The molecule has 1 amide bonds. The lowest BCUT2D eigenvalue weighted by Gasteiger charge is -2.20. The number of nitrogens with one attached hydrogen (secondary N) is 1. The van der Waals surface area contributed by atoms with Crippen molar-refractivity contribution < 1.29 is 9.59 Å². The third-order valence-electron chi connectivity index (χ3n) is 2.58. The van der Waals surface area contributed by atoms with Crippen LogP contribution in [0.1, 0.15) is 20.3 Å². The number of nitrogens with zero attached hydrogens (tertiary/aromatic N) is 1. The summed E-state index contributed by atoms with van der Waals surface area (Å²) in [7, 11) is 1.85. The summed E-state index contributed by atoms with van der Waals surface area (Å²) in [6.07, 6.45) is 0.741. The molecule has 1 heterocycles. The van der Waals surface area contributed by atoms with Gasteiger partial charge in [0.25, 0.3) is 0 Å². The molecule has 1 aliphatic heterocycles. The average Bonchev–Trinajstić information content (AvgIpc) is 2.47. The first kappa shape index (κ1) is 10.2. The molecule has 0 aromatic carbocycles. The first-order valence-electron chi connectivity index (χ1n) is 4.51. The molecule has 13 heavy (non-hydrogen) atoms. The zero-order valence-electron chi connectivity index (χ0n) is 8.33. The van der Waals surface area contributed by atoms with Gasteiger partial charge in [-0.2, -0.15) is 0 Å². The number of hydrogen-bond donors (Lipinski definition) is 1. The Morgan fingerprint density at radius 2 is 2.00 bits per heavy atom. The third kappa shape index (κ3) is 2.06. The van der Waals surface area contributed by atoms with E-state index in [9.17, 15) is 9.59 Å². The molecule has 2 atom stereocenters. The molecule has 0 aromatic heterocycles. The minimum absolute atomic E-state index is 0.0158. The second-order valence-corrected chi connectivity index (χ2v) is 3.52. The number of carbonyl (C=O) groups excluding carboxylic acids is 2. The van der Waals surface area contributed by atoms with Crippen molar-refractivity contribution in [2.24, 2.45) is 0 Å². The van der Waals surface area contributed by atoms with Crippen LogP contribution in [0, 0.1) is 0 Å². The van der Waals surface area contributed by atoms with Crippen LogP contribution in [0.15, 0.2) is 0 Å². The van der Waals surface area contributed by atoms with Gasteiger partial charge in [-0.25, -0.2) is 0 Å². The predicted octanol–water partition coefficient (Wildman–Crippen LogP) is -0.216. The molecule has 0 radical (unpaired) electrons. The largest absolute Gasteiger partial charge is 0.331 e. The van der Waals surface area contributed by atoms with E-state index in [1.54, 1.807) is 11.8 Å². The second kappa shape index (κ2) is 3.87. The van der Waals surface area contributed by atoms with Crippen molar-refractivity contribution in [1.29, 1.82) is 0 Å². The van der Waals surface area contributed by atoms with E-state index in [0.717, 1.165) is 6.42 Å². The van der Waals surface area contributed by atoms with Crippen molar-refractivity contribution in [1.82, 2.24) is 10.2 Å². The number of amides is 1. The molecule has 0 unspecified atom stereocenters. The molecule has 0 aliphatic carbocycles. The van der Waals surface area contributed by atoms with E-state index < -0.39 is 0 Å². The summed E-state index contributed by atoms with van der Waals surface area (Å²) in [5.41, 5.74) is 0. The van der Waals surface area contributed by atoms with E-state index in [4.69, 9.17) is 0 Å². The lowest BCUT2D eigenvalue weighted by Crippen LogP contribution is -2.38. The SMILES string of the molecule is CN[C@@H]1C[C@@H](C(C)=O)N(C(C)=O)C1. The molecule has 0 aromatic rings. The molecule has 1 fully saturated rings. The number of hydrogen-bond acceptors (Lipinski definition) is 3. The van der Waals surface area contributed by atoms with Crippen LogP contribution in [0.5, 0.6) is 0 Å². The van der Waals surface area contributed by atoms with Crippen LogP contribution >= 0.6 is 0 Å². The van der Waals surface area contributed by atoms with Gasteiger partial charge in [0.05, 0.1) is 6.04 Å². The minimum atomic E-state index is -0.213. The zero-order chi connectivity index (χ0) is 10.0. The highest BCUT2D eigenvalue weighted by molar-refractivity contribution is 5.87. The molecular weight excluding hydrogens is 168 g/mol. The Kier molecular flexibility index (Phi) is 3.03. The maximum Gasteiger partial charge on any atom is 0.220 e. The normalized spacial score (nSPS) is 27.8. The van der Waals surface area contributed by atoms with Crippen molar-refractivity contribution in [2.75, 3.05) is 13.6 Å². The van der Waals surface area contributed by atoms with Crippen LogP contribution in [0.25, 0.3) is 0 Å². The summed E-state index contributed by atoms with van der Waals surface area (Å²) in [6, 6.07) is 0.0488. The first-order valence-corrected chi connectivity index (χ1v) is 4.51. The summed E-state index contributed by atoms with van der Waals surface area (Å²) in [6.45, 7) is 3.70. The molecule has 1 aliphatic rings. The maximum atomic E-state index is 11.2. The smallest absolute Gasteiger partial charge is 0.220 e. The monoisotopic (exact) mass is 184 g/mol. The topological polar surface area (TPSA) is 49.4 Å². The molecule has 1 rings (SSSR count). The van der Waals surface area contributed by atoms with Gasteiger partial charge in [-0.3, -0.25) is 9.59 Å². The fourth-order valence-corrected chi connectivity index (χ4v) is 1.78. The van der Waals surface area contributed by atoms with Crippen molar-refractivity contribution in [3.63, 3.8) is 0 Å². The van der Waals surface area contributed by atoms with E-state index in [1.165, 1.54) is 6.92 Å². The highest BCUT2D eigenvalue weighted by atomic mass is 16.2. The van der Waals surface area contributed by atoms with Crippen LogP contribution in [0.4, 0.5) is 0 Å². The lowest BCUT2D eigenvalue weighted by molar-refractivity contribution is -0.135. The molecular formula is C9H16N2O2. The molecule has 74 valence electrons. The predicted molar refractivity (Wildman–Crippen MR) is 49.3 cm³/mol. The summed E-state index contributed by atoms with van der Waals surface area (Å²) in [5.74, 6) is 0.0610. The van der Waals surface area contributed by atoms with Gasteiger partial charge in [0.1, 0.15) is 0 Å². The van der Waals surface area contributed by atoms with E-state index in [2.05, 4.69) is 5.32 Å². The average molecular weight is 184 g/mol. The summed E-state index contributed by atoms with van der Waals surface area (Å²) >= 11 is 0. The van der Waals surface area contributed by atoms with Crippen molar-refractivity contribution >= 4 is 11.7 Å². The van der Waals surface area contributed by atoms with Gasteiger partial charge in [-0.05, 0) is 20.4 Å². The Labute approximate surface area is 78.3 Å². The van der Waals surface area contributed by atoms with E-state index >= 15 is 0 Å². The quantitative estimate of drug-likeness (QED) is 0.645. The fraction of sp³-hybridized carbons (Fsp3) is 0.778. The van der Waals surface area contributed by atoms with Gasteiger partial charge < -0.3 is 10.2 Å². The van der Waals surface area contributed by atoms with Gasteiger partial charge in [0, 0.05) is 19.5 Å². The zero-order valence-corrected chi connectivity index (χ0v) is 8.33. The summed E-state index contributed by atoms with van der Waals surface area (Å²) in [4.78, 5) is 24.0. The number of carbonyl (C=O) groups is 2. The Morgan fingerprint density at radius 3 is 2.31 bits per heavy atom.